The molecule has 1 atom stereocenters. The van der Waals surface area contributed by atoms with E-state index in [4.69, 9.17) is 14.6 Å². The maximum atomic E-state index is 10.5. The van der Waals surface area contributed by atoms with E-state index in [1.54, 1.807) is 0 Å². The van der Waals surface area contributed by atoms with Crippen LogP contribution in [0.2, 0.25) is 0 Å². The second-order valence-corrected chi connectivity index (χ2v) is 3.97. The van der Waals surface area contributed by atoms with Crippen LogP contribution in [-0.2, 0) is 9.53 Å². The van der Waals surface area contributed by atoms with Crippen molar-refractivity contribution in [3.63, 3.8) is 0 Å². The summed E-state index contributed by atoms with van der Waals surface area (Å²) in [6, 6.07) is 5.96. The Balaban J connectivity index is 2.36. The molecule has 0 aliphatic carbocycles. The van der Waals surface area contributed by atoms with Crippen LogP contribution >= 0.6 is 0 Å². The molecule has 0 heterocycles. The van der Waals surface area contributed by atoms with Gasteiger partial charge in [0, 0.05) is 0 Å². The lowest BCUT2D eigenvalue weighted by molar-refractivity contribution is -0.149. The number of carboxylic acid groups (broad SMARTS) is 1. The first-order chi connectivity index (χ1) is 8.00. The first-order valence-electron chi connectivity index (χ1n) is 5.55. The summed E-state index contributed by atoms with van der Waals surface area (Å²) in [4.78, 5) is 10.5. The van der Waals surface area contributed by atoms with Crippen LogP contribution in [-0.4, -0.2) is 30.4 Å². The molecule has 1 unspecified atom stereocenters. The number of ether oxygens (including phenoxy) is 2. The zero-order valence-electron chi connectivity index (χ0n) is 10.4. The van der Waals surface area contributed by atoms with E-state index in [0.29, 0.717) is 6.61 Å². The van der Waals surface area contributed by atoms with E-state index in [-0.39, 0.29) is 6.61 Å². The molecule has 1 aromatic carbocycles. The molecule has 0 amide bonds. The van der Waals surface area contributed by atoms with Gasteiger partial charge in [-0.25, -0.2) is 4.79 Å². The Kier molecular flexibility index (Phi) is 4.97. The van der Waals surface area contributed by atoms with Gasteiger partial charge in [-0.15, -0.1) is 0 Å². The van der Waals surface area contributed by atoms with E-state index in [1.165, 1.54) is 6.92 Å². The Morgan fingerprint density at radius 2 is 2.06 bits per heavy atom. The van der Waals surface area contributed by atoms with Gasteiger partial charge in [-0.05, 0) is 38.0 Å². The van der Waals surface area contributed by atoms with Crippen LogP contribution in [0, 0.1) is 13.8 Å². The highest BCUT2D eigenvalue weighted by atomic mass is 16.5. The predicted octanol–water partition coefficient (Wildman–Crippen LogP) is 2.17. The highest BCUT2D eigenvalue weighted by Gasteiger charge is 2.10. The van der Waals surface area contributed by atoms with Gasteiger partial charge in [-0.1, -0.05) is 12.1 Å². The Hall–Kier alpha value is -1.55. The second kappa shape index (κ2) is 6.25. The van der Waals surface area contributed by atoms with Crippen molar-refractivity contribution in [1.29, 1.82) is 0 Å². The molecule has 94 valence electrons. The van der Waals surface area contributed by atoms with Gasteiger partial charge in [0.2, 0.25) is 0 Å². The first-order valence-corrected chi connectivity index (χ1v) is 5.55. The first kappa shape index (κ1) is 13.5. The minimum absolute atomic E-state index is 0.265. The molecule has 0 aromatic heterocycles. The van der Waals surface area contributed by atoms with Crippen molar-refractivity contribution in [2.75, 3.05) is 13.2 Å². The molecule has 0 saturated carbocycles. The summed E-state index contributed by atoms with van der Waals surface area (Å²) in [6.45, 7) is 6.08. The van der Waals surface area contributed by atoms with Crippen molar-refractivity contribution in [1.82, 2.24) is 0 Å². The largest absolute Gasteiger partial charge is 0.491 e. The van der Waals surface area contributed by atoms with Crippen LogP contribution in [0.15, 0.2) is 18.2 Å². The average Bonchev–Trinajstić information content (AvgIpc) is 2.28. The molecule has 0 spiro atoms. The maximum absolute atomic E-state index is 10.5. The van der Waals surface area contributed by atoms with Gasteiger partial charge in [0.25, 0.3) is 0 Å². The van der Waals surface area contributed by atoms with Gasteiger partial charge in [0.05, 0.1) is 6.61 Å². The van der Waals surface area contributed by atoms with Crippen molar-refractivity contribution >= 4 is 5.97 Å². The van der Waals surface area contributed by atoms with E-state index >= 15 is 0 Å². The van der Waals surface area contributed by atoms with Crippen molar-refractivity contribution < 1.29 is 19.4 Å². The van der Waals surface area contributed by atoms with Crippen LogP contribution in [0.4, 0.5) is 0 Å². The van der Waals surface area contributed by atoms with Gasteiger partial charge in [0.15, 0.2) is 6.10 Å². The van der Waals surface area contributed by atoms with E-state index in [9.17, 15) is 4.79 Å². The Morgan fingerprint density at radius 3 is 2.71 bits per heavy atom. The number of carboxylic acids is 1. The Bertz CT molecular complexity index is 387. The van der Waals surface area contributed by atoms with Crippen molar-refractivity contribution in [2.45, 2.75) is 26.9 Å². The molecule has 0 aliphatic heterocycles. The van der Waals surface area contributed by atoms with Crippen LogP contribution in [0.25, 0.3) is 0 Å². The molecule has 0 bridgehead atoms. The highest BCUT2D eigenvalue weighted by Crippen LogP contribution is 2.18. The van der Waals surface area contributed by atoms with Crippen LogP contribution in [0.3, 0.4) is 0 Å². The lowest BCUT2D eigenvalue weighted by Gasteiger charge is -2.11. The quantitative estimate of drug-likeness (QED) is 0.772. The number of benzene rings is 1. The number of hydrogen-bond acceptors (Lipinski definition) is 3. The summed E-state index contributed by atoms with van der Waals surface area (Å²) in [6.07, 6.45) is -0.794. The van der Waals surface area contributed by atoms with Crippen LogP contribution < -0.4 is 4.74 Å². The number of carbonyl (C=O) groups is 1. The summed E-state index contributed by atoms with van der Waals surface area (Å²) in [5.41, 5.74) is 2.19. The number of hydrogen-bond donors (Lipinski definition) is 1. The molecule has 0 fully saturated rings. The van der Waals surface area contributed by atoms with Gasteiger partial charge in [-0.2, -0.15) is 0 Å². The molecular formula is C13H18O4. The van der Waals surface area contributed by atoms with Crippen LogP contribution in [0.5, 0.6) is 5.75 Å². The molecule has 1 rings (SSSR count). The maximum Gasteiger partial charge on any atom is 0.332 e. The number of aliphatic carboxylic acids is 1. The fourth-order valence-corrected chi connectivity index (χ4v) is 1.31. The molecule has 0 saturated heterocycles. The normalized spacial score (nSPS) is 12.2. The molecule has 1 aromatic rings. The minimum atomic E-state index is -0.961. The Morgan fingerprint density at radius 1 is 1.35 bits per heavy atom. The third-order valence-corrected chi connectivity index (χ3v) is 2.40. The summed E-state index contributed by atoms with van der Waals surface area (Å²) in [5, 5.41) is 8.61. The monoisotopic (exact) mass is 238 g/mol. The standard InChI is InChI=1S/C13H18O4/c1-9-4-5-10(2)12(8-9)17-7-6-16-11(3)13(14)15/h4-5,8,11H,6-7H2,1-3H3,(H,14,15). The highest BCUT2D eigenvalue weighted by molar-refractivity contribution is 5.71. The van der Waals surface area contributed by atoms with Crippen molar-refractivity contribution in [3.8, 4) is 5.75 Å². The zero-order valence-corrected chi connectivity index (χ0v) is 10.4. The third kappa shape index (κ3) is 4.44. The Labute approximate surface area is 101 Å². The topological polar surface area (TPSA) is 55.8 Å². The summed E-state index contributed by atoms with van der Waals surface area (Å²) < 4.78 is 10.6. The number of rotatable bonds is 6. The second-order valence-electron chi connectivity index (χ2n) is 3.97. The molecule has 0 radical (unpaired) electrons. The lowest BCUT2D eigenvalue weighted by atomic mass is 10.1. The summed E-state index contributed by atoms with van der Waals surface area (Å²) in [5.74, 6) is -0.145. The van der Waals surface area contributed by atoms with Gasteiger partial charge in [0.1, 0.15) is 12.4 Å². The van der Waals surface area contributed by atoms with E-state index in [2.05, 4.69) is 0 Å². The van der Waals surface area contributed by atoms with Gasteiger partial charge < -0.3 is 14.6 Å². The fourth-order valence-electron chi connectivity index (χ4n) is 1.31. The van der Waals surface area contributed by atoms with E-state index in [1.807, 2.05) is 32.0 Å². The summed E-state index contributed by atoms with van der Waals surface area (Å²) >= 11 is 0. The molecule has 4 heteroatoms. The van der Waals surface area contributed by atoms with Crippen LogP contribution in [0.1, 0.15) is 18.1 Å². The molecule has 0 aliphatic rings. The predicted molar refractivity (Wildman–Crippen MR) is 64.5 cm³/mol. The molecule has 1 N–H and O–H groups in total. The van der Waals surface area contributed by atoms with Crippen molar-refractivity contribution in [3.05, 3.63) is 29.3 Å². The number of aryl methyl sites for hydroxylation is 2. The molecule has 4 nitrogen and oxygen atoms in total. The van der Waals surface area contributed by atoms with Gasteiger partial charge >= 0.3 is 5.97 Å². The van der Waals surface area contributed by atoms with Gasteiger partial charge in [-0.3, -0.25) is 0 Å². The fraction of sp³-hybridized carbons (Fsp3) is 0.462. The minimum Gasteiger partial charge on any atom is -0.491 e. The van der Waals surface area contributed by atoms with E-state index < -0.39 is 12.1 Å². The molecular weight excluding hydrogens is 220 g/mol. The SMILES string of the molecule is Cc1ccc(C)c(OCCOC(C)C(=O)O)c1. The van der Waals surface area contributed by atoms with E-state index in [0.717, 1.165) is 16.9 Å². The average molecular weight is 238 g/mol. The van der Waals surface area contributed by atoms with Crippen molar-refractivity contribution in [2.24, 2.45) is 0 Å². The summed E-state index contributed by atoms with van der Waals surface area (Å²) in [7, 11) is 0. The zero-order chi connectivity index (χ0) is 12.8. The lowest BCUT2D eigenvalue weighted by Crippen LogP contribution is -2.22. The smallest absolute Gasteiger partial charge is 0.332 e. The molecule has 17 heavy (non-hydrogen) atoms. The third-order valence-electron chi connectivity index (χ3n) is 2.40.